The van der Waals surface area contributed by atoms with Gasteiger partial charge in [0.2, 0.25) is 0 Å². The predicted octanol–water partition coefficient (Wildman–Crippen LogP) is 7.93. The average Bonchev–Trinajstić information content (AvgIpc) is 3.31. The summed E-state index contributed by atoms with van der Waals surface area (Å²) in [7, 11) is 0. The summed E-state index contributed by atoms with van der Waals surface area (Å²) in [5.41, 5.74) is 0.818. The molecule has 4 aliphatic carbocycles. The molecule has 12 atom stereocenters. The third-order valence-electron chi connectivity index (χ3n) is 13.2. The van der Waals surface area contributed by atoms with Gasteiger partial charge in [0, 0.05) is 18.8 Å². The Morgan fingerprint density at radius 1 is 0.919 bits per heavy atom. The molecular formula is C33H54O4. The zero-order valence-electron chi connectivity index (χ0n) is 24.4. The lowest BCUT2D eigenvalue weighted by Crippen LogP contribution is -2.55. The number of esters is 1. The third kappa shape index (κ3) is 4.25. The van der Waals surface area contributed by atoms with E-state index in [1.807, 2.05) is 0 Å². The van der Waals surface area contributed by atoms with Gasteiger partial charge in [0.15, 0.2) is 5.79 Å². The van der Waals surface area contributed by atoms with Gasteiger partial charge in [-0.25, -0.2) is 0 Å². The van der Waals surface area contributed by atoms with E-state index in [9.17, 15) is 4.79 Å². The zero-order valence-corrected chi connectivity index (χ0v) is 24.4. The molecule has 0 aromatic heterocycles. The Morgan fingerprint density at radius 2 is 1.73 bits per heavy atom. The van der Waals surface area contributed by atoms with Crippen molar-refractivity contribution in [1.82, 2.24) is 0 Å². The minimum absolute atomic E-state index is 0.0463. The molecule has 4 heteroatoms. The quantitative estimate of drug-likeness (QED) is 0.276. The molecule has 0 aromatic rings. The van der Waals surface area contributed by atoms with Crippen molar-refractivity contribution in [3.63, 3.8) is 0 Å². The minimum Gasteiger partial charge on any atom is -0.462 e. The first-order valence-corrected chi connectivity index (χ1v) is 16.2. The summed E-state index contributed by atoms with van der Waals surface area (Å²) in [6.07, 6.45) is 16.8. The van der Waals surface area contributed by atoms with E-state index < -0.39 is 0 Å². The molecule has 4 nitrogen and oxygen atoms in total. The summed E-state index contributed by atoms with van der Waals surface area (Å²) in [6.45, 7) is 13.1. The smallest absolute Gasteiger partial charge is 0.306 e. The Kier molecular flexibility index (Phi) is 7.04. The van der Waals surface area contributed by atoms with Crippen LogP contribution in [0.1, 0.15) is 125 Å². The van der Waals surface area contributed by atoms with Crippen LogP contribution < -0.4 is 0 Å². The summed E-state index contributed by atoms with van der Waals surface area (Å²) in [5.74, 6) is 4.76. The summed E-state index contributed by atoms with van der Waals surface area (Å²) >= 11 is 0. The van der Waals surface area contributed by atoms with Gasteiger partial charge in [-0.05, 0) is 111 Å². The van der Waals surface area contributed by atoms with E-state index in [4.69, 9.17) is 14.2 Å². The highest BCUT2D eigenvalue weighted by molar-refractivity contribution is 5.69. The van der Waals surface area contributed by atoms with Gasteiger partial charge in [-0.2, -0.15) is 0 Å². The predicted molar refractivity (Wildman–Crippen MR) is 146 cm³/mol. The van der Waals surface area contributed by atoms with Crippen LogP contribution in [-0.2, 0) is 19.0 Å². The van der Waals surface area contributed by atoms with E-state index in [1.54, 1.807) is 0 Å². The first-order valence-electron chi connectivity index (χ1n) is 16.2. The van der Waals surface area contributed by atoms with Crippen molar-refractivity contribution in [2.45, 2.75) is 143 Å². The molecule has 2 saturated heterocycles. The molecule has 6 aliphatic rings. The molecule has 6 rings (SSSR count). The molecule has 37 heavy (non-hydrogen) atoms. The molecule has 210 valence electrons. The van der Waals surface area contributed by atoms with E-state index in [0.717, 1.165) is 68.8 Å². The fraction of sp³-hybridized carbons (Fsp3) is 0.970. The van der Waals surface area contributed by atoms with Gasteiger partial charge in [-0.1, -0.05) is 47.5 Å². The molecule has 2 aliphatic heterocycles. The molecule has 0 aromatic carbocycles. The molecule has 0 N–H and O–H groups in total. The maximum atomic E-state index is 12.4. The highest BCUT2D eigenvalue weighted by Gasteiger charge is 2.69. The van der Waals surface area contributed by atoms with Gasteiger partial charge >= 0.3 is 5.97 Å². The van der Waals surface area contributed by atoms with Crippen molar-refractivity contribution in [2.24, 2.45) is 52.3 Å². The normalized spacial score (nSPS) is 52.7. The van der Waals surface area contributed by atoms with Crippen molar-refractivity contribution < 1.29 is 19.0 Å². The Balaban J connectivity index is 1.12. The number of fused-ring (bicyclic) bond motifs is 7. The molecule has 6 fully saturated rings. The van der Waals surface area contributed by atoms with Crippen molar-refractivity contribution in [3.8, 4) is 0 Å². The maximum Gasteiger partial charge on any atom is 0.306 e. The summed E-state index contributed by atoms with van der Waals surface area (Å²) in [6, 6.07) is 0. The average molecular weight is 515 g/mol. The van der Waals surface area contributed by atoms with Crippen LogP contribution in [0.15, 0.2) is 0 Å². The van der Waals surface area contributed by atoms with Gasteiger partial charge < -0.3 is 14.2 Å². The summed E-state index contributed by atoms with van der Waals surface area (Å²) in [4.78, 5) is 12.4. The van der Waals surface area contributed by atoms with E-state index in [0.29, 0.717) is 41.1 Å². The molecule has 0 unspecified atom stereocenters. The zero-order chi connectivity index (χ0) is 26.0. The standard InChI is InChI=1S/C33H54O4/c1-6-7-8-9-29(34)36-24-13-15-31(4)23(18-24)10-11-25-26(31)14-16-32(5)27(25)19-28-30(32)22(3)33(37-28)17-12-21(2)20-35-33/h21-28,30H,6-20H2,1-5H3/t21-,22+,23+,24-,25-,26+,27-,28+,30+,31+,32+,33-/m1/s1. The fourth-order valence-corrected chi connectivity index (χ4v) is 11.1. The molecule has 0 amide bonds. The summed E-state index contributed by atoms with van der Waals surface area (Å²) < 4.78 is 19.5. The first-order chi connectivity index (χ1) is 17.7. The number of hydrogen-bond donors (Lipinski definition) is 0. The minimum atomic E-state index is -0.303. The molecule has 1 spiro atoms. The lowest BCUT2D eigenvalue weighted by molar-refractivity contribution is -0.273. The van der Waals surface area contributed by atoms with Crippen LogP contribution >= 0.6 is 0 Å². The number of hydrogen-bond acceptors (Lipinski definition) is 4. The van der Waals surface area contributed by atoms with Crippen LogP contribution in [0.25, 0.3) is 0 Å². The van der Waals surface area contributed by atoms with Gasteiger partial charge in [0.25, 0.3) is 0 Å². The van der Waals surface area contributed by atoms with Crippen LogP contribution in [-0.4, -0.2) is 30.6 Å². The second-order valence-corrected chi connectivity index (χ2v) is 15.0. The van der Waals surface area contributed by atoms with Crippen LogP contribution in [0.3, 0.4) is 0 Å². The maximum absolute atomic E-state index is 12.4. The lowest BCUT2D eigenvalue weighted by atomic mass is 9.44. The Bertz CT molecular complexity index is 847. The Morgan fingerprint density at radius 3 is 2.49 bits per heavy atom. The molecular weight excluding hydrogens is 460 g/mol. The second-order valence-electron chi connectivity index (χ2n) is 15.0. The van der Waals surface area contributed by atoms with Gasteiger partial charge in [0.1, 0.15) is 6.10 Å². The number of rotatable bonds is 5. The second kappa shape index (κ2) is 9.79. The van der Waals surface area contributed by atoms with E-state index in [1.165, 1.54) is 44.9 Å². The third-order valence-corrected chi connectivity index (χ3v) is 13.2. The summed E-state index contributed by atoms with van der Waals surface area (Å²) in [5, 5.41) is 0. The largest absolute Gasteiger partial charge is 0.462 e. The number of ether oxygens (including phenoxy) is 3. The SMILES string of the molecule is CCCCCC(=O)O[C@@H]1CC[C@@]2(C)[C@@H](CC[C@H]3[C@H]4C[C@@H]5O[C@]6(CC[C@@H](C)CO6)[C@@H](C)[C@@H]5[C@@]4(C)CC[C@@H]32)C1. The van der Waals surface area contributed by atoms with Gasteiger partial charge in [-0.3, -0.25) is 4.79 Å². The highest BCUT2D eigenvalue weighted by atomic mass is 16.7. The van der Waals surface area contributed by atoms with Crippen LogP contribution in [0.4, 0.5) is 0 Å². The highest BCUT2D eigenvalue weighted by Crippen LogP contribution is 2.71. The fourth-order valence-electron chi connectivity index (χ4n) is 11.1. The van der Waals surface area contributed by atoms with Gasteiger partial charge in [0.05, 0.1) is 12.7 Å². The topological polar surface area (TPSA) is 44.8 Å². The molecule has 0 radical (unpaired) electrons. The van der Waals surface area contributed by atoms with Crippen LogP contribution in [0.5, 0.6) is 0 Å². The first kappa shape index (κ1) is 26.6. The molecule has 2 heterocycles. The monoisotopic (exact) mass is 514 g/mol. The van der Waals surface area contributed by atoms with E-state index in [2.05, 4.69) is 34.6 Å². The Labute approximate surface area is 226 Å². The van der Waals surface area contributed by atoms with E-state index in [-0.39, 0.29) is 17.9 Å². The number of unbranched alkanes of at least 4 members (excludes halogenated alkanes) is 2. The van der Waals surface area contributed by atoms with E-state index >= 15 is 0 Å². The number of carbonyl (C=O) groups is 1. The van der Waals surface area contributed by atoms with Crippen molar-refractivity contribution >= 4 is 5.97 Å². The lowest BCUT2D eigenvalue weighted by Gasteiger charge is -2.61. The van der Waals surface area contributed by atoms with Crippen molar-refractivity contribution in [2.75, 3.05) is 6.61 Å². The molecule has 0 bridgehead atoms. The number of carbonyl (C=O) groups excluding carboxylic acids is 1. The van der Waals surface area contributed by atoms with Crippen LogP contribution in [0, 0.1) is 52.3 Å². The molecule has 4 saturated carbocycles. The van der Waals surface area contributed by atoms with Gasteiger partial charge in [-0.15, -0.1) is 0 Å². The Hall–Kier alpha value is -0.610. The van der Waals surface area contributed by atoms with Crippen LogP contribution in [0.2, 0.25) is 0 Å². The van der Waals surface area contributed by atoms with Crippen molar-refractivity contribution in [1.29, 1.82) is 0 Å². The van der Waals surface area contributed by atoms with Crippen molar-refractivity contribution in [3.05, 3.63) is 0 Å².